The Balaban J connectivity index is 2.63. The molecule has 5 nitrogen and oxygen atoms in total. The Morgan fingerprint density at radius 3 is 2.76 bits per heavy atom. The maximum Gasteiger partial charge on any atom is 0.411 e. The molecular formula is C16H22N2O3. The molecule has 0 aliphatic rings. The van der Waals surface area contributed by atoms with E-state index in [1.807, 2.05) is 21.0 Å². The van der Waals surface area contributed by atoms with Crippen LogP contribution in [-0.2, 0) is 4.74 Å². The summed E-state index contributed by atoms with van der Waals surface area (Å²) in [7, 11) is 3.68. The topological polar surface area (TPSA) is 58.6 Å². The summed E-state index contributed by atoms with van der Waals surface area (Å²) in [4.78, 5) is 25.3. The maximum atomic E-state index is 11.9. The number of nitrogens with zero attached hydrogens (tertiary/aromatic N) is 1. The first kappa shape index (κ1) is 16.8. The molecule has 0 aliphatic heterocycles. The number of allylic oxidation sites excluding steroid dienone is 1. The molecule has 0 radical (unpaired) electrons. The molecule has 1 aromatic carbocycles. The number of anilines is 1. The van der Waals surface area contributed by atoms with Gasteiger partial charge in [0.2, 0.25) is 0 Å². The minimum absolute atomic E-state index is 0.119. The van der Waals surface area contributed by atoms with Gasteiger partial charge in [0.15, 0.2) is 5.78 Å². The van der Waals surface area contributed by atoms with E-state index in [0.29, 0.717) is 17.9 Å². The van der Waals surface area contributed by atoms with Gasteiger partial charge in [-0.05, 0) is 18.6 Å². The zero-order valence-electron chi connectivity index (χ0n) is 12.8. The van der Waals surface area contributed by atoms with Crippen LogP contribution in [-0.4, -0.2) is 37.5 Å². The first-order valence-electron chi connectivity index (χ1n) is 6.95. The molecule has 114 valence electrons. The van der Waals surface area contributed by atoms with E-state index >= 15 is 0 Å². The lowest BCUT2D eigenvalue weighted by Gasteiger charge is -2.07. The predicted octanol–water partition coefficient (Wildman–Crippen LogP) is 3.29. The molecular weight excluding hydrogens is 268 g/mol. The maximum absolute atomic E-state index is 11.9. The van der Waals surface area contributed by atoms with E-state index in [1.165, 1.54) is 6.08 Å². The Morgan fingerprint density at radius 1 is 1.33 bits per heavy atom. The van der Waals surface area contributed by atoms with Gasteiger partial charge in [-0.2, -0.15) is 0 Å². The lowest BCUT2D eigenvalue weighted by Crippen LogP contribution is -2.14. The van der Waals surface area contributed by atoms with Crippen LogP contribution in [0.4, 0.5) is 10.5 Å². The van der Waals surface area contributed by atoms with Crippen LogP contribution < -0.4 is 5.32 Å². The van der Waals surface area contributed by atoms with Crippen molar-refractivity contribution in [2.75, 3.05) is 26.0 Å². The second kappa shape index (κ2) is 8.79. The average Bonchev–Trinajstić information content (AvgIpc) is 2.45. The van der Waals surface area contributed by atoms with E-state index in [1.54, 1.807) is 35.4 Å². The highest BCUT2D eigenvalue weighted by molar-refractivity contribution is 6.05. The van der Waals surface area contributed by atoms with Gasteiger partial charge in [0, 0.05) is 37.6 Å². The summed E-state index contributed by atoms with van der Waals surface area (Å²) in [6, 6.07) is 6.77. The van der Waals surface area contributed by atoms with Crippen LogP contribution in [0.5, 0.6) is 0 Å². The van der Waals surface area contributed by atoms with Crippen molar-refractivity contribution < 1.29 is 14.3 Å². The Hall–Kier alpha value is -2.30. The second-order valence-electron chi connectivity index (χ2n) is 4.84. The van der Waals surface area contributed by atoms with E-state index < -0.39 is 6.09 Å². The number of unbranched alkanes of at least 4 members (excludes halogenated alkanes) is 1. The quantitative estimate of drug-likeness (QED) is 0.475. The molecule has 0 aliphatic carbocycles. The fourth-order valence-electron chi connectivity index (χ4n) is 1.53. The lowest BCUT2D eigenvalue weighted by atomic mass is 10.1. The number of nitrogens with one attached hydrogen (secondary N) is 1. The van der Waals surface area contributed by atoms with E-state index in [4.69, 9.17) is 4.74 Å². The van der Waals surface area contributed by atoms with Crippen molar-refractivity contribution in [3.63, 3.8) is 0 Å². The third-order valence-electron chi connectivity index (χ3n) is 2.65. The molecule has 1 amide bonds. The van der Waals surface area contributed by atoms with Gasteiger partial charge in [-0.1, -0.05) is 25.5 Å². The highest BCUT2D eigenvalue weighted by atomic mass is 16.5. The summed E-state index contributed by atoms with van der Waals surface area (Å²) in [6.45, 7) is 2.42. The smallest absolute Gasteiger partial charge is 0.411 e. The number of carbonyl (C=O) groups excluding carboxylic acids is 2. The standard InChI is InChI=1S/C16H22N2O3/c1-4-5-11-21-16(20)17-14-8-6-7-13(12-14)15(19)9-10-18(2)3/h6-10,12H,4-5,11H2,1-3H3,(H,17,20). The van der Waals surface area contributed by atoms with Crippen LogP contribution in [0, 0.1) is 0 Å². The number of carbonyl (C=O) groups is 2. The average molecular weight is 290 g/mol. The van der Waals surface area contributed by atoms with Gasteiger partial charge in [-0.15, -0.1) is 0 Å². The van der Waals surface area contributed by atoms with Gasteiger partial charge < -0.3 is 9.64 Å². The first-order chi connectivity index (χ1) is 10.0. The highest BCUT2D eigenvalue weighted by Crippen LogP contribution is 2.12. The van der Waals surface area contributed by atoms with E-state index in [0.717, 1.165) is 12.8 Å². The number of hydrogen-bond donors (Lipinski definition) is 1. The summed E-state index contributed by atoms with van der Waals surface area (Å²) < 4.78 is 5.01. The van der Waals surface area contributed by atoms with Crippen LogP contribution in [0.3, 0.4) is 0 Å². The summed E-state index contributed by atoms with van der Waals surface area (Å²) in [6.07, 6.45) is 4.47. The van der Waals surface area contributed by atoms with Gasteiger partial charge >= 0.3 is 6.09 Å². The van der Waals surface area contributed by atoms with Crippen molar-refractivity contribution in [1.82, 2.24) is 4.90 Å². The fourth-order valence-corrected chi connectivity index (χ4v) is 1.53. The largest absolute Gasteiger partial charge is 0.449 e. The molecule has 0 saturated carbocycles. The summed E-state index contributed by atoms with van der Waals surface area (Å²) >= 11 is 0. The van der Waals surface area contributed by atoms with Crippen molar-refractivity contribution in [2.45, 2.75) is 19.8 Å². The molecule has 0 aromatic heterocycles. The van der Waals surface area contributed by atoms with E-state index in [9.17, 15) is 9.59 Å². The molecule has 1 aromatic rings. The summed E-state index contributed by atoms with van der Waals surface area (Å²) in [5.41, 5.74) is 1.06. The number of benzene rings is 1. The number of hydrogen-bond acceptors (Lipinski definition) is 4. The molecule has 1 rings (SSSR count). The molecule has 0 fully saturated rings. The molecule has 21 heavy (non-hydrogen) atoms. The zero-order chi connectivity index (χ0) is 15.7. The molecule has 0 saturated heterocycles. The number of ketones is 1. The van der Waals surface area contributed by atoms with Gasteiger partial charge in [-0.3, -0.25) is 10.1 Å². The van der Waals surface area contributed by atoms with Crippen LogP contribution in [0.1, 0.15) is 30.1 Å². The highest BCUT2D eigenvalue weighted by Gasteiger charge is 2.06. The number of ether oxygens (including phenoxy) is 1. The molecule has 0 unspecified atom stereocenters. The minimum atomic E-state index is -0.503. The van der Waals surface area contributed by atoms with Crippen LogP contribution in [0.2, 0.25) is 0 Å². The normalized spacial score (nSPS) is 10.4. The lowest BCUT2D eigenvalue weighted by molar-refractivity contribution is 0.104. The van der Waals surface area contributed by atoms with Crippen LogP contribution in [0.25, 0.3) is 0 Å². The Kier molecular flexibility index (Phi) is 7.01. The molecule has 0 spiro atoms. The van der Waals surface area contributed by atoms with Gasteiger partial charge in [0.05, 0.1) is 6.61 Å². The molecule has 1 N–H and O–H groups in total. The fraction of sp³-hybridized carbons (Fsp3) is 0.375. The molecule has 0 atom stereocenters. The SMILES string of the molecule is CCCCOC(=O)Nc1cccc(C(=O)C=CN(C)C)c1. The molecule has 5 heteroatoms. The summed E-state index contributed by atoms with van der Waals surface area (Å²) in [5.74, 6) is -0.119. The Labute approximate surface area is 125 Å². The third-order valence-corrected chi connectivity index (χ3v) is 2.65. The van der Waals surface area contributed by atoms with Crippen molar-refractivity contribution in [1.29, 1.82) is 0 Å². The van der Waals surface area contributed by atoms with Crippen molar-refractivity contribution >= 4 is 17.6 Å². The predicted molar refractivity (Wildman–Crippen MR) is 83.5 cm³/mol. The van der Waals surface area contributed by atoms with Crippen molar-refractivity contribution in [2.24, 2.45) is 0 Å². The van der Waals surface area contributed by atoms with Gasteiger partial charge in [-0.25, -0.2) is 4.79 Å². The molecule has 0 bridgehead atoms. The van der Waals surface area contributed by atoms with Crippen LogP contribution >= 0.6 is 0 Å². The van der Waals surface area contributed by atoms with E-state index in [-0.39, 0.29) is 5.78 Å². The van der Waals surface area contributed by atoms with Gasteiger partial charge in [0.25, 0.3) is 0 Å². The first-order valence-corrected chi connectivity index (χ1v) is 6.95. The van der Waals surface area contributed by atoms with Crippen molar-refractivity contribution in [3.8, 4) is 0 Å². The van der Waals surface area contributed by atoms with Crippen molar-refractivity contribution in [3.05, 3.63) is 42.1 Å². The van der Waals surface area contributed by atoms with Crippen LogP contribution in [0.15, 0.2) is 36.5 Å². The monoisotopic (exact) mass is 290 g/mol. The number of rotatable bonds is 7. The summed E-state index contributed by atoms with van der Waals surface area (Å²) in [5, 5.41) is 2.61. The molecule has 0 heterocycles. The Bertz CT molecular complexity index is 510. The van der Waals surface area contributed by atoms with E-state index in [2.05, 4.69) is 5.32 Å². The zero-order valence-corrected chi connectivity index (χ0v) is 12.8. The minimum Gasteiger partial charge on any atom is -0.449 e. The Morgan fingerprint density at radius 2 is 2.10 bits per heavy atom. The third kappa shape index (κ3) is 6.61. The van der Waals surface area contributed by atoms with Gasteiger partial charge in [0.1, 0.15) is 0 Å². The number of amides is 1. The second-order valence-corrected chi connectivity index (χ2v) is 4.84.